The van der Waals surface area contributed by atoms with Gasteiger partial charge >= 0.3 is 0 Å². The van der Waals surface area contributed by atoms with Gasteiger partial charge in [0, 0.05) is 18.0 Å². The van der Waals surface area contributed by atoms with E-state index in [-0.39, 0.29) is 0 Å². The summed E-state index contributed by atoms with van der Waals surface area (Å²) in [4.78, 5) is 4.03. The maximum absolute atomic E-state index is 5.63. The van der Waals surface area contributed by atoms with Gasteiger partial charge in [-0.2, -0.15) is 11.8 Å². The van der Waals surface area contributed by atoms with E-state index in [0.717, 1.165) is 11.4 Å². The molecule has 1 aliphatic rings. The second kappa shape index (κ2) is 3.87. The number of nitrogens with one attached hydrogen (secondary N) is 1. The van der Waals surface area contributed by atoms with Gasteiger partial charge in [-0.3, -0.25) is 4.98 Å². The summed E-state index contributed by atoms with van der Waals surface area (Å²) in [6.45, 7) is 0. The highest BCUT2D eigenvalue weighted by molar-refractivity contribution is 7.99. The molecule has 70 valence electrons. The molecule has 1 fully saturated rings. The Morgan fingerprint density at radius 3 is 3.15 bits per heavy atom. The first-order chi connectivity index (χ1) is 6.34. The van der Waals surface area contributed by atoms with Crippen molar-refractivity contribution in [2.24, 2.45) is 0 Å². The van der Waals surface area contributed by atoms with E-state index in [1.807, 2.05) is 24.0 Å². The van der Waals surface area contributed by atoms with Crippen molar-refractivity contribution in [3.8, 4) is 0 Å². The summed E-state index contributed by atoms with van der Waals surface area (Å²) < 4.78 is 0. The summed E-state index contributed by atoms with van der Waals surface area (Å²) in [6.07, 6.45) is 4.72. The van der Waals surface area contributed by atoms with Crippen LogP contribution in [0, 0.1) is 0 Å². The van der Waals surface area contributed by atoms with Crippen molar-refractivity contribution >= 4 is 23.1 Å². The molecule has 0 spiro atoms. The van der Waals surface area contributed by atoms with Crippen molar-refractivity contribution in [2.75, 3.05) is 22.6 Å². The fourth-order valence-corrected chi connectivity index (χ4v) is 2.57. The van der Waals surface area contributed by atoms with Crippen molar-refractivity contribution in [2.45, 2.75) is 12.5 Å². The molecular formula is C9H13N3S. The zero-order valence-electron chi connectivity index (χ0n) is 7.36. The smallest absolute Gasteiger partial charge is 0.0549 e. The van der Waals surface area contributed by atoms with E-state index in [0.29, 0.717) is 6.04 Å². The third kappa shape index (κ3) is 2.28. The molecule has 2 rings (SSSR count). The van der Waals surface area contributed by atoms with Crippen LogP contribution in [0.5, 0.6) is 0 Å². The third-order valence-corrected chi connectivity index (χ3v) is 3.22. The molecule has 3 nitrogen and oxygen atoms in total. The molecule has 1 aliphatic heterocycles. The van der Waals surface area contributed by atoms with Crippen LogP contribution in [0.4, 0.5) is 11.4 Å². The predicted octanol–water partition coefficient (Wildman–Crippen LogP) is 1.58. The Labute approximate surface area is 82.1 Å². The first kappa shape index (κ1) is 8.69. The lowest BCUT2D eigenvalue weighted by Crippen LogP contribution is -2.18. The third-order valence-electron chi connectivity index (χ3n) is 2.06. The molecular weight excluding hydrogens is 182 g/mol. The molecule has 1 unspecified atom stereocenters. The number of thioether (sulfide) groups is 1. The van der Waals surface area contributed by atoms with E-state index in [2.05, 4.69) is 10.3 Å². The Kier molecular flexibility index (Phi) is 2.59. The summed E-state index contributed by atoms with van der Waals surface area (Å²) in [5, 5.41) is 3.42. The average molecular weight is 195 g/mol. The zero-order chi connectivity index (χ0) is 9.10. The topological polar surface area (TPSA) is 50.9 Å². The zero-order valence-corrected chi connectivity index (χ0v) is 8.18. The Hall–Kier alpha value is -0.900. The molecule has 0 aromatic carbocycles. The standard InChI is InChI=1S/C9H13N3S/c10-7-3-9(5-11-4-7)12-8-1-2-13-6-8/h3-5,8,12H,1-2,6,10H2. The van der Waals surface area contributed by atoms with Crippen LogP contribution >= 0.6 is 11.8 Å². The first-order valence-corrected chi connectivity index (χ1v) is 5.55. The second-order valence-electron chi connectivity index (χ2n) is 3.21. The molecule has 2 heterocycles. The highest BCUT2D eigenvalue weighted by Gasteiger charge is 2.14. The maximum Gasteiger partial charge on any atom is 0.0549 e. The molecule has 1 saturated heterocycles. The number of pyridine rings is 1. The van der Waals surface area contributed by atoms with Crippen LogP contribution in [0.2, 0.25) is 0 Å². The number of hydrogen-bond acceptors (Lipinski definition) is 4. The monoisotopic (exact) mass is 195 g/mol. The summed E-state index contributed by atoms with van der Waals surface area (Å²) in [7, 11) is 0. The van der Waals surface area contributed by atoms with Crippen LogP contribution in [-0.2, 0) is 0 Å². The Balaban J connectivity index is 2.00. The van der Waals surface area contributed by atoms with Gasteiger partial charge in [-0.05, 0) is 18.2 Å². The fraction of sp³-hybridized carbons (Fsp3) is 0.444. The second-order valence-corrected chi connectivity index (χ2v) is 4.36. The van der Waals surface area contributed by atoms with Crippen molar-refractivity contribution in [1.82, 2.24) is 4.98 Å². The van der Waals surface area contributed by atoms with Crippen molar-refractivity contribution in [3.05, 3.63) is 18.5 Å². The van der Waals surface area contributed by atoms with Crippen molar-refractivity contribution in [1.29, 1.82) is 0 Å². The van der Waals surface area contributed by atoms with E-state index >= 15 is 0 Å². The maximum atomic E-state index is 5.63. The number of rotatable bonds is 2. The lowest BCUT2D eigenvalue weighted by Gasteiger charge is -2.12. The summed E-state index contributed by atoms with van der Waals surface area (Å²) in [5.41, 5.74) is 7.38. The van der Waals surface area contributed by atoms with E-state index in [1.54, 1.807) is 6.20 Å². The number of nitrogens with zero attached hydrogens (tertiary/aromatic N) is 1. The van der Waals surface area contributed by atoms with Gasteiger partial charge < -0.3 is 11.1 Å². The molecule has 0 aliphatic carbocycles. The van der Waals surface area contributed by atoms with E-state index in [4.69, 9.17) is 5.73 Å². The van der Waals surface area contributed by atoms with Gasteiger partial charge in [-0.15, -0.1) is 0 Å². The van der Waals surface area contributed by atoms with Gasteiger partial charge in [0.1, 0.15) is 0 Å². The van der Waals surface area contributed by atoms with Crippen LogP contribution in [0.15, 0.2) is 18.5 Å². The van der Waals surface area contributed by atoms with Crippen LogP contribution in [-0.4, -0.2) is 22.5 Å². The van der Waals surface area contributed by atoms with E-state index in [1.165, 1.54) is 17.9 Å². The number of nitrogen functional groups attached to an aromatic ring is 1. The number of nitrogens with two attached hydrogens (primary N) is 1. The molecule has 1 aromatic heterocycles. The highest BCUT2D eigenvalue weighted by Crippen LogP contribution is 2.21. The van der Waals surface area contributed by atoms with Gasteiger partial charge in [0.15, 0.2) is 0 Å². The normalized spacial score (nSPS) is 21.7. The molecule has 0 bridgehead atoms. The SMILES string of the molecule is Nc1cncc(NC2CCSC2)c1. The fourth-order valence-electron chi connectivity index (χ4n) is 1.42. The van der Waals surface area contributed by atoms with Crippen molar-refractivity contribution in [3.63, 3.8) is 0 Å². The molecule has 0 amide bonds. The van der Waals surface area contributed by atoms with Gasteiger partial charge in [0.25, 0.3) is 0 Å². The molecule has 1 aromatic rings. The Morgan fingerprint density at radius 1 is 1.54 bits per heavy atom. The average Bonchev–Trinajstić information content (AvgIpc) is 2.57. The van der Waals surface area contributed by atoms with Crippen LogP contribution in [0.25, 0.3) is 0 Å². The van der Waals surface area contributed by atoms with Crippen LogP contribution < -0.4 is 11.1 Å². The van der Waals surface area contributed by atoms with Crippen LogP contribution in [0.1, 0.15) is 6.42 Å². The molecule has 1 atom stereocenters. The minimum absolute atomic E-state index is 0.591. The van der Waals surface area contributed by atoms with Gasteiger partial charge in [0.05, 0.1) is 17.6 Å². The van der Waals surface area contributed by atoms with Gasteiger partial charge in [0.2, 0.25) is 0 Å². The molecule has 0 radical (unpaired) electrons. The minimum Gasteiger partial charge on any atom is -0.397 e. The number of aromatic nitrogens is 1. The largest absolute Gasteiger partial charge is 0.397 e. The van der Waals surface area contributed by atoms with Crippen molar-refractivity contribution < 1.29 is 0 Å². The molecule has 3 N–H and O–H groups in total. The van der Waals surface area contributed by atoms with Crippen LogP contribution in [0.3, 0.4) is 0 Å². The highest BCUT2D eigenvalue weighted by atomic mass is 32.2. The summed E-state index contributed by atoms with van der Waals surface area (Å²) >= 11 is 1.99. The predicted molar refractivity (Wildman–Crippen MR) is 58.0 cm³/mol. The minimum atomic E-state index is 0.591. The van der Waals surface area contributed by atoms with Gasteiger partial charge in [-0.25, -0.2) is 0 Å². The first-order valence-electron chi connectivity index (χ1n) is 4.39. The Morgan fingerprint density at radius 2 is 2.46 bits per heavy atom. The van der Waals surface area contributed by atoms with E-state index < -0.39 is 0 Å². The molecule has 4 heteroatoms. The van der Waals surface area contributed by atoms with E-state index in [9.17, 15) is 0 Å². The summed E-state index contributed by atoms with van der Waals surface area (Å²) in [6, 6.07) is 2.52. The molecule has 0 saturated carbocycles. The van der Waals surface area contributed by atoms with Gasteiger partial charge in [-0.1, -0.05) is 0 Å². The summed E-state index contributed by atoms with van der Waals surface area (Å²) in [5.74, 6) is 2.45. The lowest BCUT2D eigenvalue weighted by molar-refractivity contribution is 0.812. The Bertz CT molecular complexity index is 284. The quantitative estimate of drug-likeness (QED) is 0.752. The number of hydrogen-bond donors (Lipinski definition) is 2. The molecule has 13 heavy (non-hydrogen) atoms. The number of anilines is 2. The lowest BCUT2D eigenvalue weighted by atomic mass is 10.2.